The number of benzene rings is 1. The SMILES string of the molecule is C/C=C(Cl)\C=C/c1ccc(SN(CC)CC(C=O)N(C=O)Cc2ccc(C3=NCCN3C)cc2)[nH]1.CO. The molecule has 1 aliphatic rings. The van der Waals surface area contributed by atoms with Crippen LogP contribution in [0, 0.1) is 0 Å². The number of allylic oxidation sites excluding steroid dienone is 3. The maximum Gasteiger partial charge on any atom is 0.210 e. The van der Waals surface area contributed by atoms with Crippen molar-refractivity contribution in [2.75, 3.05) is 40.3 Å². The van der Waals surface area contributed by atoms with Gasteiger partial charge in [-0.1, -0.05) is 48.9 Å². The number of hydrogen-bond acceptors (Lipinski definition) is 7. The van der Waals surface area contributed by atoms with Gasteiger partial charge in [0.15, 0.2) is 0 Å². The Balaban J connectivity index is 0.00000235. The predicted molar refractivity (Wildman–Crippen MR) is 153 cm³/mol. The van der Waals surface area contributed by atoms with Crippen LogP contribution >= 0.6 is 23.5 Å². The van der Waals surface area contributed by atoms with E-state index >= 15 is 0 Å². The fourth-order valence-corrected chi connectivity index (χ4v) is 4.65. The molecule has 0 radical (unpaired) electrons. The lowest BCUT2D eigenvalue weighted by atomic mass is 10.1. The molecule has 1 aliphatic heterocycles. The molecule has 0 fully saturated rings. The first-order chi connectivity index (χ1) is 18.0. The molecule has 37 heavy (non-hydrogen) atoms. The van der Waals surface area contributed by atoms with Crippen molar-refractivity contribution in [1.82, 2.24) is 19.1 Å². The number of nitrogens with one attached hydrogen (secondary N) is 1. The Bertz CT molecular complexity index is 1080. The molecule has 0 aliphatic carbocycles. The number of H-pyrrole nitrogens is 1. The van der Waals surface area contributed by atoms with Crippen LogP contribution in [-0.2, 0) is 16.1 Å². The Hall–Kier alpha value is -2.85. The highest BCUT2D eigenvalue weighted by molar-refractivity contribution is 7.97. The number of carbonyl (C=O) groups is 2. The van der Waals surface area contributed by atoms with Gasteiger partial charge in [-0.15, -0.1) is 0 Å². The van der Waals surface area contributed by atoms with Gasteiger partial charge in [0.05, 0.1) is 11.6 Å². The lowest BCUT2D eigenvalue weighted by Crippen LogP contribution is -2.42. The normalized spacial score (nSPS) is 14.4. The summed E-state index contributed by atoms with van der Waals surface area (Å²) in [4.78, 5) is 35.4. The van der Waals surface area contributed by atoms with E-state index in [1.807, 2.05) is 75.5 Å². The first kappa shape index (κ1) is 30.4. The highest BCUT2D eigenvalue weighted by atomic mass is 35.5. The summed E-state index contributed by atoms with van der Waals surface area (Å²) in [5, 5.41) is 8.61. The van der Waals surface area contributed by atoms with E-state index in [-0.39, 0.29) is 0 Å². The lowest BCUT2D eigenvalue weighted by molar-refractivity contribution is -0.126. The molecule has 1 atom stereocenters. The maximum atomic E-state index is 12.0. The predicted octanol–water partition coefficient (Wildman–Crippen LogP) is 4.03. The van der Waals surface area contributed by atoms with Gasteiger partial charge in [0.1, 0.15) is 18.2 Å². The number of aliphatic imine (C=N–C) groups is 1. The number of aldehydes is 1. The average molecular weight is 546 g/mol. The van der Waals surface area contributed by atoms with Crippen molar-refractivity contribution < 1.29 is 14.7 Å². The Morgan fingerprint density at radius 2 is 1.97 bits per heavy atom. The van der Waals surface area contributed by atoms with Crippen LogP contribution in [0.4, 0.5) is 0 Å². The molecule has 3 rings (SSSR count). The van der Waals surface area contributed by atoms with Crippen LogP contribution in [0.1, 0.15) is 30.7 Å². The van der Waals surface area contributed by atoms with E-state index in [0.717, 1.165) is 60.6 Å². The van der Waals surface area contributed by atoms with Crippen molar-refractivity contribution in [3.8, 4) is 0 Å². The second-order valence-corrected chi connectivity index (χ2v) is 9.74. The Morgan fingerprint density at radius 3 is 2.54 bits per heavy atom. The molecule has 1 amide bonds. The summed E-state index contributed by atoms with van der Waals surface area (Å²) in [7, 11) is 3.03. The van der Waals surface area contributed by atoms with Crippen LogP contribution in [0.3, 0.4) is 0 Å². The van der Waals surface area contributed by atoms with Gasteiger partial charge < -0.3 is 24.7 Å². The molecule has 2 heterocycles. The van der Waals surface area contributed by atoms with E-state index < -0.39 is 6.04 Å². The van der Waals surface area contributed by atoms with Gasteiger partial charge in [-0.2, -0.15) is 0 Å². The molecule has 0 bridgehead atoms. The molecule has 0 saturated heterocycles. The zero-order valence-corrected chi connectivity index (χ0v) is 23.4. The quantitative estimate of drug-likeness (QED) is 0.224. The summed E-state index contributed by atoms with van der Waals surface area (Å²) in [5.41, 5.74) is 2.95. The summed E-state index contributed by atoms with van der Waals surface area (Å²) in [5.74, 6) is 0.984. The van der Waals surface area contributed by atoms with Crippen molar-refractivity contribution in [3.63, 3.8) is 0 Å². The number of amidine groups is 1. The third kappa shape index (κ3) is 9.19. The summed E-state index contributed by atoms with van der Waals surface area (Å²) in [6.07, 6.45) is 7.16. The van der Waals surface area contributed by atoms with Gasteiger partial charge in [-0.05, 0) is 48.7 Å². The van der Waals surface area contributed by atoms with Gasteiger partial charge in [-0.3, -0.25) is 9.79 Å². The van der Waals surface area contributed by atoms with Crippen LogP contribution in [0.2, 0.25) is 0 Å². The Kier molecular flexibility index (Phi) is 13.2. The minimum absolute atomic E-state index is 0.362. The first-order valence-electron chi connectivity index (χ1n) is 12.0. The smallest absolute Gasteiger partial charge is 0.210 e. The fourth-order valence-electron chi connectivity index (χ4n) is 3.66. The zero-order chi connectivity index (χ0) is 27.2. The third-order valence-electron chi connectivity index (χ3n) is 5.70. The topological polar surface area (TPSA) is 92.2 Å². The van der Waals surface area contributed by atoms with Crippen molar-refractivity contribution in [2.45, 2.75) is 31.5 Å². The van der Waals surface area contributed by atoms with Crippen molar-refractivity contribution in [3.05, 3.63) is 70.4 Å². The third-order valence-corrected chi connectivity index (χ3v) is 7.15. The van der Waals surface area contributed by atoms with Crippen LogP contribution in [0.25, 0.3) is 6.08 Å². The number of carbonyl (C=O) groups excluding carboxylic acids is 2. The molecule has 10 heteroatoms. The summed E-state index contributed by atoms with van der Waals surface area (Å²) >= 11 is 7.54. The van der Waals surface area contributed by atoms with Crippen LogP contribution in [-0.4, -0.2) is 89.1 Å². The van der Waals surface area contributed by atoms with Crippen LogP contribution < -0.4 is 0 Å². The molecule has 1 aromatic carbocycles. The number of hydrogen-bond donors (Lipinski definition) is 2. The number of halogens is 1. The Morgan fingerprint density at radius 1 is 1.24 bits per heavy atom. The van der Waals surface area contributed by atoms with E-state index in [1.165, 1.54) is 11.9 Å². The number of aromatic nitrogens is 1. The molecule has 200 valence electrons. The summed E-state index contributed by atoms with van der Waals surface area (Å²) in [6.45, 7) is 7.13. The summed E-state index contributed by atoms with van der Waals surface area (Å²) < 4.78 is 2.06. The number of nitrogens with zero attached hydrogens (tertiary/aromatic N) is 4. The monoisotopic (exact) mass is 545 g/mol. The largest absolute Gasteiger partial charge is 0.400 e. The average Bonchev–Trinajstić information content (AvgIpc) is 3.58. The van der Waals surface area contributed by atoms with Gasteiger partial charge >= 0.3 is 0 Å². The number of aromatic amines is 1. The van der Waals surface area contributed by atoms with Crippen molar-refractivity contribution >= 4 is 48.2 Å². The molecule has 1 aromatic heterocycles. The number of likely N-dealkylation sites (N-methyl/N-ethyl adjacent to an activating group) is 2. The van der Waals surface area contributed by atoms with E-state index in [4.69, 9.17) is 16.7 Å². The lowest BCUT2D eigenvalue weighted by Gasteiger charge is -2.28. The zero-order valence-electron chi connectivity index (χ0n) is 21.8. The molecule has 2 aromatic rings. The summed E-state index contributed by atoms with van der Waals surface area (Å²) in [6, 6.07) is 11.4. The minimum Gasteiger partial charge on any atom is -0.400 e. The van der Waals surface area contributed by atoms with Gasteiger partial charge in [-0.25, -0.2) is 4.31 Å². The van der Waals surface area contributed by atoms with Gasteiger partial charge in [0, 0.05) is 56.6 Å². The van der Waals surface area contributed by atoms with Crippen LogP contribution in [0.15, 0.2) is 63.6 Å². The molecule has 2 N–H and O–H groups in total. The van der Waals surface area contributed by atoms with E-state index in [0.29, 0.717) is 24.7 Å². The van der Waals surface area contributed by atoms with Crippen molar-refractivity contribution in [1.29, 1.82) is 0 Å². The fraction of sp³-hybridized carbons (Fsp3) is 0.370. The van der Waals surface area contributed by atoms with Crippen LogP contribution in [0.5, 0.6) is 0 Å². The van der Waals surface area contributed by atoms with Gasteiger partial charge in [0.25, 0.3) is 0 Å². The van der Waals surface area contributed by atoms with E-state index in [2.05, 4.69) is 19.2 Å². The molecule has 8 nitrogen and oxygen atoms in total. The highest BCUT2D eigenvalue weighted by Crippen LogP contribution is 2.23. The van der Waals surface area contributed by atoms with E-state index in [9.17, 15) is 9.59 Å². The second-order valence-electron chi connectivity index (χ2n) is 8.16. The minimum atomic E-state index is -0.562. The molecular weight excluding hydrogens is 510 g/mol. The molecule has 0 spiro atoms. The maximum absolute atomic E-state index is 12.0. The number of aliphatic hydroxyl groups excluding tert-OH is 1. The first-order valence-corrected chi connectivity index (χ1v) is 13.2. The van der Waals surface area contributed by atoms with Crippen molar-refractivity contribution in [2.24, 2.45) is 4.99 Å². The molecular formula is C27H36ClN5O3S. The molecule has 0 saturated carbocycles. The Labute approximate surface area is 228 Å². The molecule has 1 unspecified atom stereocenters. The standard InChI is InChI=1S/C26H32ClN5O2S.CH4O/c1-4-22(27)10-11-23-12-13-25(29-23)35-32(5-2)17-24(18-33)31(19-34)16-20-6-8-21(9-7-20)26-28-14-15-30(26)3;1-2/h4,6-13,18-19,24,29H,5,14-17H2,1-3H3;2H,1H3/b11-10-,22-4+;. The highest BCUT2D eigenvalue weighted by Gasteiger charge is 2.21. The number of aliphatic hydroxyl groups is 1. The van der Waals surface area contributed by atoms with E-state index in [1.54, 1.807) is 4.90 Å². The van der Waals surface area contributed by atoms with Gasteiger partial charge in [0.2, 0.25) is 6.41 Å². The number of amides is 1. The number of rotatable bonds is 13. The second kappa shape index (κ2) is 16.1.